The van der Waals surface area contributed by atoms with E-state index in [9.17, 15) is 0 Å². The van der Waals surface area contributed by atoms with Gasteiger partial charge in [0.05, 0.1) is 0 Å². The molecule has 0 saturated heterocycles. The largest absolute Gasteiger partial charge is 0.0839 e. The van der Waals surface area contributed by atoms with Gasteiger partial charge in [-0.1, -0.05) is 146 Å². The van der Waals surface area contributed by atoms with E-state index in [0.717, 1.165) is 19.3 Å². The number of benzene rings is 7. The number of hydrogen-bond donors (Lipinski definition) is 0. The summed E-state index contributed by atoms with van der Waals surface area (Å²) < 4.78 is 0. The van der Waals surface area contributed by atoms with Gasteiger partial charge in [-0.25, -0.2) is 0 Å². The minimum Gasteiger partial charge on any atom is -0.0839 e. The Morgan fingerprint density at radius 1 is 0.511 bits per heavy atom. The molecule has 0 heterocycles. The van der Waals surface area contributed by atoms with E-state index in [4.69, 9.17) is 0 Å². The summed E-state index contributed by atoms with van der Waals surface area (Å²) in [6.45, 7) is 2.38. The maximum absolute atomic E-state index is 2.51. The summed E-state index contributed by atoms with van der Waals surface area (Å²) in [6.07, 6.45) is 8.17. The van der Waals surface area contributed by atoms with Crippen LogP contribution in [0.2, 0.25) is 0 Å². The first-order valence-electron chi connectivity index (χ1n) is 16.3. The van der Waals surface area contributed by atoms with Crippen LogP contribution in [0.1, 0.15) is 43.2 Å². The highest BCUT2D eigenvalue weighted by Gasteiger charge is 2.25. The monoisotopic (exact) mass is 574 g/mol. The van der Waals surface area contributed by atoms with Crippen molar-refractivity contribution in [3.05, 3.63) is 162 Å². The highest BCUT2D eigenvalue weighted by atomic mass is 14.3. The lowest BCUT2D eigenvalue weighted by Crippen LogP contribution is -2.10. The van der Waals surface area contributed by atoms with E-state index in [2.05, 4.69) is 153 Å². The highest BCUT2D eigenvalue weighted by molar-refractivity contribution is 6.21. The van der Waals surface area contributed by atoms with Gasteiger partial charge in [-0.15, -0.1) is 0 Å². The van der Waals surface area contributed by atoms with Crippen molar-refractivity contribution in [2.45, 2.75) is 32.1 Å². The van der Waals surface area contributed by atoms with Crippen LogP contribution in [0.15, 0.2) is 151 Å². The highest BCUT2D eigenvalue weighted by Crippen LogP contribution is 2.47. The van der Waals surface area contributed by atoms with Crippen molar-refractivity contribution in [3.8, 4) is 33.4 Å². The van der Waals surface area contributed by atoms with Crippen LogP contribution in [0.4, 0.5) is 0 Å². The first-order valence-corrected chi connectivity index (χ1v) is 16.3. The minimum absolute atomic E-state index is 0.545. The molecule has 0 spiro atoms. The molecular formula is C45H34. The van der Waals surface area contributed by atoms with Crippen LogP contribution in [0.25, 0.3) is 71.3 Å². The molecule has 0 radical (unpaired) electrons. The lowest BCUT2D eigenvalue weighted by Gasteiger charge is -2.29. The molecule has 0 bridgehead atoms. The predicted molar refractivity (Wildman–Crippen MR) is 194 cm³/mol. The van der Waals surface area contributed by atoms with Gasteiger partial charge in [-0.2, -0.15) is 0 Å². The second-order valence-corrected chi connectivity index (χ2v) is 12.8. The molecule has 0 heteroatoms. The molecule has 9 rings (SSSR count). The smallest absolute Gasteiger partial charge is 0.00262 e. The van der Waals surface area contributed by atoms with Crippen molar-refractivity contribution in [1.82, 2.24) is 0 Å². The Kier molecular flexibility index (Phi) is 6.10. The fraction of sp³-hybridized carbons (Fsp3) is 0.111. The molecule has 0 aromatic heterocycles. The van der Waals surface area contributed by atoms with Crippen LogP contribution in [-0.2, 0) is 0 Å². The second-order valence-electron chi connectivity index (χ2n) is 12.8. The van der Waals surface area contributed by atoms with E-state index in [-0.39, 0.29) is 0 Å². The Bertz CT molecular complexity index is 2280. The van der Waals surface area contributed by atoms with Gasteiger partial charge in [0.1, 0.15) is 0 Å². The zero-order valence-electron chi connectivity index (χ0n) is 25.6. The quantitative estimate of drug-likeness (QED) is 0.184. The molecule has 2 aliphatic rings. The van der Waals surface area contributed by atoms with Crippen LogP contribution in [0, 0.1) is 0 Å². The number of hydrogen-bond acceptors (Lipinski definition) is 0. The normalized spacial score (nSPS) is 15.9. The van der Waals surface area contributed by atoms with Crippen LogP contribution in [0.5, 0.6) is 0 Å². The molecular weight excluding hydrogens is 540 g/mol. The number of rotatable bonds is 3. The third-order valence-corrected chi connectivity index (χ3v) is 10.2. The predicted octanol–water partition coefficient (Wildman–Crippen LogP) is 12.8. The summed E-state index contributed by atoms with van der Waals surface area (Å²) in [5.74, 6) is 0.545. The third kappa shape index (κ3) is 4.20. The van der Waals surface area contributed by atoms with Gasteiger partial charge in [0.15, 0.2) is 0 Å². The summed E-state index contributed by atoms with van der Waals surface area (Å²) >= 11 is 0. The topological polar surface area (TPSA) is 0 Å². The molecule has 7 aromatic rings. The van der Waals surface area contributed by atoms with Crippen LogP contribution in [-0.4, -0.2) is 0 Å². The van der Waals surface area contributed by atoms with Crippen LogP contribution < -0.4 is 0 Å². The van der Waals surface area contributed by atoms with Gasteiger partial charge in [-0.05, 0) is 119 Å². The molecule has 0 N–H and O–H groups in total. The Morgan fingerprint density at radius 2 is 1.09 bits per heavy atom. The fourth-order valence-electron chi connectivity index (χ4n) is 8.10. The standard InChI is InChI=1S/C45H34/c1-29-27-33-12-3-5-15-38(33)43-28-34(25-26-35(29)43)45-41-18-8-6-16-39(41)44(40-17-7-9-19-42(40)45)32-23-21-31(22-24-32)37-20-10-13-30-11-2-4-14-36(30)37/h2-4,6-14,16-26,28-29H,5,15,27H2,1H3. The summed E-state index contributed by atoms with van der Waals surface area (Å²) in [6, 6.07) is 49.8. The maximum atomic E-state index is 2.51. The molecule has 0 amide bonds. The average Bonchev–Trinajstić information content (AvgIpc) is 3.10. The van der Waals surface area contributed by atoms with Crippen molar-refractivity contribution in [2.75, 3.05) is 0 Å². The lowest BCUT2D eigenvalue weighted by molar-refractivity contribution is 0.738. The van der Waals surface area contributed by atoms with E-state index in [1.807, 2.05) is 0 Å². The molecule has 1 unspecified atom stereocenters. The molecule has 0 fully saturated rings. The molecule has 1 atom stereocenters. The lowest BCUT2D eigenvalue weighted by atomic mass is 9.75. The van der Waals surface area contributed by atoms with Crippen molar-refractivity contribution >= 4 is 37.9 Å². The van der Waals surface area contributed by atoms with Crippen LogP contribution in [0.3, 0.4) is 0 Å². The van der Waals surface area contributed by atoms with E-state index in [0.29, 0.717) is 5.92 Å². The zero-order chi connectivity index (χ0) is 29.9. The van der Waals surface area contributed by atoms with Crippen molar-refractivity contribution in [3.63, 3.8) is 0 Å². The first-order chi connectivity index (χ1) is 22.2. The number of allylic oxidation sites excluding steroid dienone is 4. The Morgan fingerprint density at radius 3 is 1.80 bits per heavy atom. The molecule has 0 aliphatic heterocycles. The van der Waals surface area contributed by atoms with Gasteiger partial charge in [-0.3, -0.25) is 0 Å². The van der Waals surface area contributed by atoms with Crippen molar-refractivity contribution < 1.29 is 0 Å². The first kappa shape index (κ1) is 26.2. The summed E-state index contributed by atoms with van der Waals surface area (Å²) in [5.41, 5.74) is 13.8. The van der Waals surface area contributed by atoms with Gasteiger partial charge < -0.3 is 0 Å². The molecule has 7 aromatic carbocycles. The Labute approximate surface area is 265 Å². The third-order valence-electron chi connectivity index (χ3n) is 10.2. The van der Waals surface area contributed by atoms with Crippen LogP contribution >= 0.6 is 0 Å². The molecule has 214 valence electrons. The van der Waals surface area contributed by atoms with Gasteiger partial charge >= 0.3 is 0 Å². The average molecular weight is 575 g/mol. The van der Waals surface area contributed by atoms with Gasteiger partial charge in [0, 0.05) is 0 Å². The van der Waals surface area contributed by atoms with E-state index >= 15 is 0 Å². The van der Waals surface area contributed by atoms with E-state index in [1.165, 1.54) is 82.4 Å². The molecule has 2 aliphatic carbocycles. The Balaban J connectivity index is 1.25. The minimum atomic E-state index is 0.545. The number of fused-ring (bicyclic) bond motifs is 5. The fourth-order valence-corrected chi connectivity index (χ4v) is 8.10. The zero-order valence-corrected chi connectivity index (χ0v) is 25.6. The molecule has 45 heavy (non-hydrogen) atoms. The maximum Gasteiger partial charge on any atom is -0.00262 e. The summed E-state index contributed by atoms with van der Waals surface area (Å²) in [7, 11) is 0. The molecule has 0 saturated carbocycles. The molecule has 0 nitrogen and oxygen atoms in total. The summed E-state index contributed by atoms with van der Waals surface area (Å²) in [4.78, 5) is 0. The second kappa shape index (κ2) is 10.5. The Hall–Kier alpha value is -5.20. The van der Waals surface area contributed by atoms with Crippen molar-refractivity contribution in [2.24, 2.45) is 0 Å². The SMILES string of the molecule is CC1CC2=C(CCC=C2)c2cc(-c3c4ccccc4c(-c4ccc(-c5cccc6ccccc56)cc4)c4ccccc34)ccc21. The van der Waals surface area contributed by atoms with Gasteiger partial charge in [0.2, 0.25) is 0 Å². The van der Waals surface area contributed by atoms with E-state index in [1.54, 1.807) is 5.57 Å². The van der Waals surface area contributed by atoms with Crippen molar-refractivity contribution in [1.29, 1.82) is 0 Å². The van der Waals surface area contributed by atoms with Gasteiger partial charge in [0.25, 0.3) is 0 Å². The summed E-state index contributed by atoms with van der Waals surface area (Å²) in [5, 5.41) is 7.79. The van der Waals surface area contributed by atoms with E-state index < -0.39 is 0 Å².